The van der Waals surface area contributed by atoms with Crippen LogP contribution in [-0.2, 0) is 0 Å². The molecule has 0 aliphatic heterocycles. The van der Waals surface area contributed by atoms with Crippen molar-refractivity contribution in [3.05, 3.63) is 129 Å². The first-order valence-corrected chi connectivity index (χ1v) is 19.4. The van der Waals surface area contributed by atoms with Crippen LogP contribution in [0.2, 0.25) is 0 Å². The van der Waals surface area contributed by atoms with Crippen LogP contribution in [0.15, 0.2) is 84.0 Å². The van der Waals surface area contributed by atoms with Crippen LogP contribution < -0.4 is 0 Å². The van der Waals surface area contributed by atoms with Crippen molar-refractivity contribution in [2.75, 3.05) is 0 Å². The molecule has 0 nitrogen and oxygen atoms in total. The molecule has 1 saturated carbocycles. The molecular weight excluding hydrogens is 711 g/mol. The summed E-state index contributed by atoms with van der Waals surface area (Å²) in [6.07, 6.45) is 18.7. The molecule has 6 rings (SSSR count). The summed E-state index contributed by atoms with van der Waals surface area (Å²) in [6, 6.07) is 18.9. The van der Waals surface area contributed by atoms with Crippen LogP contribution in [0.1, 0.15) is 200 Å². The largest absolute Gasteiger partial charge is 0.207 e. The SMILES string of the molecule is C.C.C.C.C.C.C.C.CC1=CCC(C)CC1.CC1=CCC(C)CC1.CC1CCC(C)CC1.Cc1ccc(C)c(F)c1.Cc1ccc(C)c(F)c1.Cc1ccc(C)cc1.[HH]. The number of allylic oxidation sites excluding steroid dienone is 4. The van der Waals surface area contributed by atoms with Crippen LogP contribution in [0.5, 0.6) is 0 Å². The molecule has 0 aromatic heterocycles. The van der Waals surface area contributed by atoms with E-state index >= 15 is 0 Å². The summed E-state index contributed by atoms with van der Waals surface area (Å²) in [5.41, 5.74) is 9.19. The van der Waals surface area contributed by atoms with Gasteiger partial charge in [0, 0.05) is 1.43 Å². The normalized spacial score (nSPS) is 18.0. The van der Waals surface area contributed by atoms with Crippen molar-refractivity contribution in [1.82, 2.24) is 0 Å². The lowest BCUT2D eigenvalue weighted by molar-refractivity contribution is 0.308. The molecule has 0 bridgehead atoms. The fourth-order valence-corrected chi connectivity index (χ4v) is 5.65. The number of rotatable bonds is 0. The Morgan fingerprint density at radius 2 is 0.638 bits per heavy atom. The third-order valence-corrected chi connectivity index (χ3v) is 9.98. The van der Waals surface area contributed by atoms with Crippen molar-refractivity contribution in [3.63, 3.8) is 0 Å². The average molecular weight is 817 g/mol. The molecule has 1 fully saturated rings. The number of hydrogen-bond acceptors (Lipinski definition) is 0. The van der Waals surface area contributed by atoms with Gasteiger partial charge in [0.05, 0.1) is 0 Å². The van der Waals surface area contributed by atoms with Gasteiger partial charge in [-0.1, -0.05) is 196 Å². The Hall–Kier alpha value is -3.00. The summed E-state index contributed by atoms with van der Waals surface area (Å²) < 4.78 is 25.2. The fourth-order valence-electron chi connectivity index (χ4n) is 5.65. The van der Waals surface area contributed by atoms with E-state index in [0.29, 0.717) is 11.1 Å². The summed E-state index contributed by atoms with van der Waals surface area (Å²) in [5, 5.41) is 0. The first-order valence-electron chi connectivity index (χ1n) is 19.4. The zero-order chi connectivity index (χ0) is 37.6. The van der Waals surface area contributed by atoms with Gasteiger partial charge in [-0.15, -0.1) is 0 Å². The molecule has 2 unspecified atom stereocenters. The molecule has 2 heteroatoms. The van der Waals surface area contributed by atoms with Gasteiger partial charge in [0.25, 0.3) is 0 Å². The van der Waals surface area contributed by atoms with Crippen LogP contribution in [0.4, 0.5) is 8.78 Å². The van der Waals surface area contributed by atoms with Crippen LogP contribution in [0, 0.1) is 76.8 Å². The second kappa shape index (κ2) is 40.8. The zero-order valence-corrected chi connectivity index (χ0v) is 34.1. The molecule has 58 heavy (non-hydrogen) atoms. The second-order valence-corrected chi connectivity index (χ2v) is 15.9. The molecule has 0 amide bonds. The third-order valence-electron chi connectivity index (χ3n) is 9.98. The number of benzene rings is 3. The monoisotopic (exact) mass is 817 g/mol. The molecular formula is C56H106F2. The topological polar surface area (TPSA) is 0 Å². The van der Waals surface area contributed by atoms with E-state index in [1.54, 1.807) is 37.1 Å². The van der Waals surface area contributed by atoms with Gasteiger partial charge >= 0.3 is 0 Å². The quantitative estimate of drug-likeness (QED) is 0.198. The summed E-state index contributed by atoms with van der Waals surface area (Å²) in [5.74, 6) is 3.69. The van der Waals surface area contributed by atoms with Gasteiger partial charge in [0.1, 0.15) is 11.6 Å². The zero-order valence-electron chi connectivity index (χ0n) is 34.1. The van der Waals surface area contributed by atoms with Gasteiger partial charge in [-0.2, -0.15) is 0 Å². The summed E-state index contributed by atoms with van der Waals surface area (Å²) in [4.78, 5) is 0. The van der Waals surface area contributed by atoms with E-state index in [1.165, 1.54) is 87.5 Å². The van der Waals surface area contributed by atoms with Crippen molar-refractivity contribution >= 4 is 0 Å². The first-order chi connectivity index (χ1) is 23.5. The third kappa shape index (κ3) is 36.1. The maximum absolute atomic E-state index is 12.6. The van der Waals surface area contributed by atoms with Crippen LogP contribution in [-0.4, -0.2) is 0 Å². The van der Waals surface area contributed by atoms with Gasteiger partial charge < -0.3 is 0 Å². The minimum atomic E-state index is -0.116. The predicted molar refractivity (Wildman–Crippen MR) is 274 cm³/mol. The average Bonchev–Trinajstić information content (AvgIpc) is 3.08. The molecule has 3 aliphatic rings. The lowest BCUT2D eigenvalue weighted by atomic mass is 9.84. The molecule has 0 heterocycles. The Kier molecular flexibility index (Phi) is 51.0. The molecule has 0 saturated heterocycles. The van der Waals surface area contributed by atoms with Crippen molar-refractivity contribution in [3.8, 4) is 0 Å². The number of hydrogen-bond donors (Lipinski definition) is 0. The highest BCUT2D eigenvalue weighted by molar-refractivity contribution is 5.22. The van der Waals surface area contributed by atoms with Gasteiger partial charge in [0.2, 0.25) is 0 Å². The molecule has 344 valence electrons. The van der Waals surface area contributed by atoms with E-state index in [-0.39, 0.29) is 72.5 Å². The molecule has 3 aromatic rings. The molecule has 2 atom stereocenters. The van der Waals surface area contributed by atoms with Gasteiger partial charge in [0.15, 0.2) is 0 Å². The van der Waals surface area contributed by atoms with Crippen molar-refractivity contribution < 1.29 is 10.2 Å². The highest BCUT2D eigenvalue weighted by Gasteiger charge is 2.13. The van der Waals surface area contributed by atoms with E-state index in [0.717, 1.165) is 34.8 Å². The van der Waals surface area contributed by atoms with Crippen molar-refractivity contribution in [2.45, 2.75) is 207 Å². The lowest BCUT2D eigenvalue weighted by Crippen LogP contribution is -2.08. The van der Waals surface area contributed by atoms with E-state index in [4.69, 9.17) is 0 Å². The van der Waals surface area contributed by atoms with Gasteiger partial charge in [-0.25, -0.2) is 8.78 Å². The second-order valence-electron chi connectivity index (χ2n) is 15.9. The van der Waals surface area contributed by atoms with Crippen molar-refractivity contribution in [2.24, 2.45) is 23.7 Å². The van der Waals surface area contributed by atoms with Gasteiger partial charge in [-0.05, 0) is 152 Å². The summed E-state index contributed by atoms with van der Waals surface area (Å²) in [7, 11) is 0. The van der Waals surface area contributed by atoms with E-state index < -0.39 is 0 Å². The summed E-state index contributed by atoms with van der Waals surface area (Å²) >= 11 is 0. The molecule has 3 aromatic carbocycles. The standard InChI is InChI=1S/2C8H9F.C8H16.2C8H14.C8H10.8CH4.H2/c2*1-6-3-4-7(2)8(9)5-6;4*1-7-3-5-8(2)6-4-7;;;;;;;;;/h2*3-5H,1-2H3;7-8H,3-6H2,1-2H3;2*3,8H,4-6H2,1-2H3;3-6H,1-2H3;8*1H4;1H. The lowest BCUT2D eigenvalue weighted by Gasteiger charge is -2.22. The van der Waals surface area contributed by atoms with E-state index in [1.807, 2.05) is 26.0 Å². The van der Waals surface area contributed by atoms with E-state index in [2.05, 4.69) is 91.8 Å². The van der Waals surface area contributed by atoms with Crippen LogP contribution in [0.25, 0.3) is 0 Å². The van der Waals surface area contributed by atoms with Gasteiger partial charge in [-0.3, -0.25) is 0 Å². The van der Waals surface area contributed by atoms with Crippen molar-refractivity contribution in [1.29, 1.82) is 0 Å². The Balaban J connectivity index is -0.0000000705. The van der Waals surface area contributed by atoms with Crippen LogP contribution >= 0.6 is 0 Å². The minimum Gasteiger partial charge on any atom is -0.207 e. The Morgan fingerprint density at radius 3 is 0.828 bits per heavy atom. The highest BCUT2D eigenvalue weighted by Crippen LogP contribution is 2.27. The van der Waals surface area contributed by atoms with E-state index in [9.17, 15) is 8.78 Å². The Labute approximate surface area is 368 Å². The summed E-state index contributed by atoms with van der Waals surface area (Å²) in [6.45, 7) is 25.3. The maximum Gasteiger partial charge on any atom is 0.126 e. The molecule has 3 aliphatic carbocycles. The smallest absolute Gasteiger partial charge is 0.126 e. The predicted octanol–water partition coefficient (Wildman–Crippen LogP) is 20.9. The minimum absolute atomic E-state index is 0. The van der Waals surface area contributed by atoms with Crippen LogP contribution in [0.3, 0.4) is 0 Å². The first kappa shape index (κ1) is 72.6. The maximum atomic E-state index is 12.6. The highest BCUT2D eigenvalue weighted by atomic mass is 19.1. The number of aryl methyl sites for hydroxylation is 6. The Morgan fingerprint density at radius 1 is 0.379 bits per heavy atom. The number of halogens is 2. The molecule has 0 N–H and O–H groups in total. The fraction of sp³-hybridized carbons (Fsp3) is 0.607. The molecule has 0 spiro atoms. The Bertz CT molecular complexity index is 1300. The molecule has 0 radical (unpaired) electrons.